The second-order valence-corrected chi connectivity index (χ2v) is 9.68. The summed E-state index contributed by atoms with van der Waals surface area (Å²) in [6, 6.07) is 16.6. The van der Waals surface area contributed by atoms with Gasteiger partial charge in [-0.2, -0.15) is 4.31 Å². The Kier molecular flexibility index (Phi) is 5.51. The standard InChI is InChI=1S/C23H24N4O3S/c1-16-6-8-20(9-7-16)27-15-26(31(29,30)21-5-4-10-24-23(21)27)14-22(28)25-19-12-17(2)11-18(3)13-19/h4-13H,14-15H2,1-3H3,(H,25,28). The molecule has 3 aromatic rings. The fourth-order valence-corrected chi connectivity index (χ4v) is 5.17. The van der Waals surface area contributed by atoms with Crippen molar-refractivity contribution in [3.05, 3.63) is 77.5 Å². The number of aromatic nitrogens is 1. The van der Waals surface area contributed by atoms with Gasteiger partial charge in [-0.3, -0.25) is 4.79 Å². The van der Waals surface area contributed by atoms with Gasteiger partial charge in [0.25, 0.3) is 0 Å². The number of aryl methyl sites for hydroxylation is 3. The Hall–Kier alpha value is -3.23. The summed E-state index contributed by atoms with van der Waals surface area (Å²) in [5, 5.41) is 2.82. The number of nitrogens with one attached hydrogen (secondary N) is 1. The highest BCUT2D eigenvalue weighted by atomic mass is 32.2. The third kappa shape index (κ3) is 4.30. The number of pyridine rings is 1. The Morgan fingerprint density at radius 1 is 1.00 bits per heavy atom. The van der Waals surface area contributed by atoms with Gasteiger partial charge in [0.05, 0.1) is 13.2 Å². The van der Waals surface area contributed by atoms with Gasteiger partial charge in [0.2, 0.25) is 15.9 Å². The van der Waals surface area contributed by atoms with Gasteiger partial charge in [0.15, 0.2) is 5.82 Å². The highest BCUT2D eigenvalue weighted by Crippen LogP contribution is 2.36. The average molecular weight is 437 g/mol. The molecule has 0 aliphatic carbocycles. The van der Waals surface area contributed by atoms with Crippen molar-refractivity contribution in [2.75, 3.05) is 23.4 Å². The molecule has 8 heteroatoms. The fraction of sp³-hybridized carbons (Fsp3) is 0.217. The van der Waals surface area contributed by atoms with Crippen molar-refractivity contribution in [1.29, 1.82) is 0 Å². The van der Waals surface area contributed by atoms with Crippen LogP contribution in [0.25, 0.3) is 0 Å². The van der Waals surface area contributed by atoms with Crippen molar-refractivity contribution in [2.24, 2.45) is 0 Å². The van der Waals surface area contributed by atoms with E-state index < -0.39 is 15.9 Å². The molecule has 1 aliphatic heterocycles. The second-order valence-electron chi connectivity index (χ2n) is 7.77. The van der Waals surface area contributed by atoms with Crippen molar-refractivity contribution in [1.82, 2.24) is 9.29 Å². The predicted molar refractivity (Wildman–Crippen MR) is 121 cm³/mol. The smallest absolute Gasteiger partial charge is 0.248 e. The van der Waals surface area contributed by atoms with Crippen LogP contribution >= 0.6 is 0 Å². The minimum Gasteiger partial charge on any atom is -0.325 e. The van der Waals surface area contributed by atoms with Gasteiger partial charge in [-0.25, -0.2) is 13.4 Å². The van der Waals surface area contributed by atoms with E-state index in [1.807, 2.05) is 63.2 Å². The summed E-state index contributed by atoms with van der Waals surface area (Å²) < 4.78 is 27.6. The number of amides is 1. The molecule has 0 bridgehead atoms. The molecule has 0 radical (unpaired) electrons. The topological polar surface area (TPSA) is 82.6 Å². The summed E-state index contributed by atoms with van der Waals surface area (Å²) in [4.78, 5) is 18.9. The number of hydrogen-bond acceptors (Lipinski definition) is 5. The van der Waals surface area contributed by atoms with Crippen molar-refractivity contribution < 1.29 is 13.2 Å². The average Bonchev–Trinajstić information content (AvgIpc) is 2.70. The number of rotatable bonds is 4. The number of nitrogens with zero attached hydrogens (tertiary/aromatic N) is 3. The molecule has 1 aromatic heterocycles. The number of carbonyl (C=O) groups is 1. The number of benzene rings is 2. The monoisotopic (exact) mass is 436 g/mol. The Morgan fingerprint density at radius 2 is 1.68 bits per heavy atom. The SMILES string of the molecule is Cc1ccc(N2CN(CC(=O)Nc3cc(C)cc(C)c3)S(=O)(=O)c3cccnc32)cc1. The van der Waals surface area contributed by atoms with Gasteiger partial charge in [-0.05, 0) is 68.3 Å². The molecule has 0 saturated carbocycles. The lowest BCUT2D eigenvalue weighted by molar-refractivity contribution is -0.116. The molecule has 160 valence electrons. The van der Waals surface area contributed by atoms with E-state index in [0.717, 1.165) is 22.4 Å². The van der Waals surface area contributed by atoms with E-state index >= 15 is 0 Å². The van der Waals surface area contributed by atoms with Crippen LogP contribution < -0.4 is 10.2 Å². The minimum atomic E-state index is -3.87. The highest BCUT2D eigenvalue weighted by Gasteiger charge is 2.37. The maximum Gasteiger partial charge on any atom is 0.248 e. The van der Waals surface area contributed by atoms with E-state index in [1.54, 1.807) is 17.2 Å². The van der Waals surface area contributed by atoms with Crippen LogP contribution in [0, 0.1) is 20.8 Å². The molecule has 2 heterocycles. The van der Waals surface area contributed by atoms with Gasteiger partial charge < -0.3 is 10.2 Å². The molecule has 31 heavy (non-hydrogen) atoms. The molecule has 7 nitrogen and oxygen atoms in total. The Labute approximate surface area is 182 Å². The van der Waals surface area contributed by atoms with Crippen molar-refractivity contribution in [2.45, 2.75) is 25.7 Å². The van der Waals surface area contributed by atoms with Crippen LogP contribution in [-0.2, 0) is 14.8 Å². The highest BCUT2D eigenvalue weighted by molar-refractivity contribution is 7.89. The van der Waals surface area contributed by atoms with Crippen LogP contribution in [0.4, 0.5) is 17.2 Å². The van der Waals surface area contributed by atoms with Crippen molar-refractivity contribution in [3.8, 4) is 0 Å². The Bertz CT molecular complexity index is 1220. The summed E-state index contributed by atoms with van der Waals surface area (Å²) in [6.07, 6.45) is 1.57. The molecule has 1 aliphatic rings. The lowest BCUT2D eigenvalue weighted by Gasteiger charge is -2.36. The molecular weight excluding hydrogens is 412 g/mol. The molecule has 1 amide bonds. The predicted octanol–water partition coefficient (Wildman–Crippen LogP) is 3.75. The zero-order valence-corrected chi connectivity index (χ0v) is 18.5. The summed E-state index contributed by atoms with van der Waals surface area (Å²) >= 11 is 0. The maximum absolute atomic E-state index is 13.2. The van der Waals surface area contributed by atoms with Crippen LogP contribution in [0.5, 0.6) is 0 Å². The number of fused-ring (bicyclic) bond motifs is 1. The summed E-state index contributed by atoms with van der Waals surface area (Å²) in [6.45, 7) is 5.57. The molecule has 0 unspecified atom stereocenters. The zero-order chi connectivity index (χ0) is 22.2. The largest absolute Gasteiger partial charge is 0.325 e. The van der Waals surface area contributed by atoms with Crippen LogP contribution in [0.3, 0.4) is 0 Å². The number of sulfonamides is 1. The van der Waals surface area contributed by atoms with Gasteiger partial charge in [-0.1, -0.05) is 23.8 Å². The lowest BCUT2D eigenvalue weighted by Crippen LogP contribution is -2.47. The van der Waals surface area contributed by atoms with Gasteiger partial charge in [0, 0.05) is 17.6 Å². The molecule has 1 N–H and O–H groups in total. The quantitative estimate of drug-likeness (QED) is 0.674. The summed E-state index contributed by atoms with van der Waals surface area (Å²) in [5.74, 6) is -0.0397. The van der Waals surface area contributed by atoms with Crippen LogP contribution in [-0.4, -0.2) is 36.8 Å². The molecule has 2 aromatic carbocycles. The Morgan fingerprint density at radius 3 is 2.35 bits per heavy atom. The third-order valence-corrected chi connectivity index (χ3v) is 6.89. The second kappa shape index (κ2) is 8.13. The molecule has 4 rings (SSSR count). The van der Waals surface area contributed by atoms with E-state index in [0.29, 0.717) is 11.5 Å². The normalized spacial score (nSPS) is 15.4. The number of hydrogen-bond donors (Lipinski definition) is 1. The molecule has 0 atom stereocenters. The zero-order valence-electron chi connectivity index (χ0n) is 17.7. The Balaban J connectivity index is 1.64. The minimum absolute atomic E-state index is 0.00429. The van der Waals surface area contributed by atoms with Gasteiger partial charge in [0.1, 0.15) is 4.90 Å². The van der Waals surface area contributed by atoms with Crippen LogP contribution in [0.2, 0.25) is 0 Å². The summed E-state index contributed by atoms with van der Waals surface area (Å²) in [7, 11) is -3.87. The van der Waals surface area contributed by atoms with E-state index in [4.69, 9.17) is 0 Å². The third-order valence-electron chi connectivity index (χ3n) is 5.09. The number of carbonyl (C=O) groups excluding carboxylic acids is 1. The van der Waals surface area contributed by atoms with Crippen LogP contribution in [0.15, 0.2) is 65.7 Å². The van der Waals surface area contributed by atoms with Gasteiger partial charge >= 0.3 is 0 Å². The molecule has 0 spiro atoms. The number of anilines is 3. The van der Waals surface area contributed by atoms with Crippen LogP contribution in [0.1, 0.15) is 16.7 Å². The lowest BCUT2D eigenvalue weighted by atomic mass is 10.1. The first-order valence-electron chi connectivity index (χ1n) is 9.91. The van der Waals surface area contributed by atoms with E-state index in [2.05, 4.69) is 10.3 Å². The van der Waals surface area contributed by atoms with E-state index in [-0.39, 0.29) is 18.1 Å². The van der Waals surface area contributed by atoms with E-state index in [9.17, 15) is 13.2 Å². The van der Waals surface area contributed by atoms with E-state index in [1.165, 1.54) is 10.4 Å². The first kappa shape index (κ1) is 21.0. The van der Waals surface area contributed by atoms with Crippen molar-refractivity contribution >= 4 is 33.1 Å². The molecular formula is C23H24N4O3S. The fourth-order valence-electron chi connectivity index (χ4n) is 3.70. The first-order chi connectivity index (χ1) is 14.7. The maximum atomic E-state index is 13.2. The first-order valence-corrected chi connectivity index (χ1v) is 11.4. The molecule has 0 fully saturated rings. The van der Waals surface area contributed by atoms with Gasteiger partial charge in [-0.15, -0.1) is 0 Å². The summed E-state index contributed by atoms with van der Waals surface area (Å²) in [5.41, 5.74) is 4.59. The van der Waals surface area contributed by atoms with Crippen molar-refractivity contribution in [3.63, 3.8) is 0 Å². The molecule has 0 saturated heterocycles.